The first-order chi connectivity index (χ1) is 8.22. The molecule has 1 aromatic carbocycles. The molecule has 2 nitrogen and oxygen atoms in total. The van der Waals surface area contributed by atoms with Crippen LogP contribution in [0.2, 0.25) is 5.02 Å². The summed E-state index contributed by atoms with van der Waals surface area (Å²) in [6.45, 7) is 2.03. The van der Waals surface area contributed by atoms with Gasteiger partial charge in [0.2, 0.25) is 0 Å². The fraction of sp³-hybridized carbons (Fsp3) is 0.538. The highest BCUT2D eigenvalue weighted by molar-refractivity contribution is 6.30. The standard InChI is InChI=1S/C13H18ClFN2.2ClH/c14-12-6-1-3-10(13(12)15)9-17(8-7-16)11-4-2-5-11;;/h1,3,6,11H,2,4-5,7-9,16H2;2*1H. The van der Waals surface area contributed by atoms with Crippen molar-refractivity contribution < 1.29 is 4.39 Å². The lowest BCUT2D eigenvalue weighted by molar-refractivity contribution is 0.122. The number of benzene rings is 1. The Morgan fingerprint density at radius 2 is 2.00 bits per heavy atom. The quantitative estimate of drug-likeness (QED) is 0.893. The van der Waals surface area contributed by atoms with Crippen LogP contribution in [0, 0.1) is 5.82 Å². The molecule has 0 atom stereocenters. The molecule has 0 unspecified atom stereocenters. The van der Waals surface area contributed by atoms with Crippen LogP contribution in [-0.4, -0.2) is 24.0 Å². The Kier molecular flexibility index (Phi) is 8.95. The molecule has 2 N–H and O–H groups in total. The first kappa shape index (κ1) is 18.9. The number of hydrogen-bond donors (Lipinski definition) is 1. The van der Waals surface area contributed by atoms with Crippen LogP contribution in [0.15, 0.2) is 18.2 Å². The summed E-state index contributed by atoms with van der Waals surface area (Å²) in [5, 5.41) is 0.198. The van der Waals surface area contributed by atoms with E-state index in [9.17, 15) is 4.39 Å². The minimum Gasteiger partial charge on any atom is -0.329 e. The van der Waals surface area contributed by atoms with Crippen molar-refractivity contribution in [2.45, 2.75) is 31.8 Å². The monoisotopic (exact) mass is 328 g/mol. The molecule has 1 aromatic rings. The Labute approximate surface area is 131 Å². The molecule has 2 rings (SSSR count). The van der Waals surface area contributed by atoms with E-state index in [2.05, 4.69) is 4.90 Å². The van der Waals surface area contributed by atoms with Gasteiger partial charge < -0.3 is 5.73 Å². The second-order valence-electron chi connectivity index (χ2n) is 4.56. The van der Waals surface area contributed by atoms with Gasteiger partial charge in [0.05, 0.1) is 5.02 Å². The Balaban J connectivity index is 0.00000162. The average Bonchev–Trinajstić information content (AvgIpc) is 2.22. The van der Waals surface area contributed by atoms with Gasteiger partial charge in [-0.05, 0) is 18.9 Å². The summed E-state index contributed by atoms with van der Waals surface area (Å²) in [7, 11) is 0. The molecular weight excluding hydrogens is 310 g/mol. The molecule has 0 heterocycles. The minimum atomic E-state index is -0.296. The van der Waals surface area contributed by atoms with Gasteiger partial charge in [-0.1, -0.05) is 30.2 Å². The highest BCUT2D eigenvalue weighted by Gasteiger charge is 2.25. The molecule has 0 amide bonds. The van der Waals surface area contributed by atoms with Crippen molar-refractivity contribution in [3.8, 4) is 0 Å². The van der Waals surface area contributed by atoms with E-state index < -0.39 is 0 Å². The van der Waals surface area contributed by atoms with E-state index >= 15 is 0 Å². The summed E-state index contributed by atoms with van der Waals surface area (Å²) in [4.78, 5) is 2.26. The third-order valence-corrected chi connectivity index (χ3v) is 3.70. The summed E-state index contributed by atoms with van der Waals surface area (Å²) in [5.74, 6) is -0.296. The van der Waals surface area contributed by atoms with Gasteiger partial charge in [0.25, 0.3) is 0 Å². The van der Waals surface area contributed by atoms with Crippen LogP contribution in [0.5, 0.6) is 0 Å². The highest BCUT2D eigenvalue weighted by Crippen LogP contribution is 2.27. The summed E-state index contributed by atoms with van der Waals surface area (Å²) < 4.78 is 13.8. The molecule has 1 aliphatic rings. The van der Waals surface area contributed by atoms with Gasteiger partial charge in [-0.3, -0.25) is 4.90 Å². The topological polar surface area (TPSA) is 29.3 Å². The predicted molar refractivity (Wildman–Crippen MR) is 83.0 cm³/mol. The molecule has 19 heavy (non-hydrogen) atoms. The number of rotatable bonds is 5. The molecule has 6 heteroatoms. The zero-order valence-corrected chi connectivity index (χ0v) is 13.0. The van der Waals surface area contributed by atoms with Crippen LogP contribution in [0.4, 0.5) is 4.39 Å². The van der Waals surface area contributed by atoms with Crippen LogP contribution in [-0.2, 0) is 6.54 Å². The summed E-state index contributed by atoms with van der Waals surface area (Å²) in [6.07, 6.45) is 3.66. The van der Waals surface area contributed by atoms with E-state index in [1.54, 1.807) is 18.2 Å². The zero-order chi connectivity index (χ0) is 12.3. The normalized spacial score (nSPS) is 14.5. The molecule has 110 valence electrons. The highest BCUT2D eigenvalue weighted by atomic mass is 35.5. The fourth-order valence-corrected chi connectivity index (χ4v) is 2.39. The maximum absolute atomic E-state index is 13.8. The van der Waals surface area contributed by atoms with Crippen LogP contribution in [0.1, 0.15) is 24.8 Å². The number of hydrogen-bond acceptors (Lipinski definition) is 2. The maximum atomic E-state index is 13.8. The van der Waals surface area contributed by atoms with E-state index in [-0.39, 0.29) is 35.7 Å². The van der Waals surface area contributed by atoms with Gasteiger partial charge in [0, 0.05) is 31.2 Å². The second kappa shape index (κ2) is 8.98. The van der Waals surface area contributed by atoms with Crippen LogP contribution < -0.4 is 5.73 Å². The first-order valence-corrected chi connectivity index (χ1v) is 6.47. The Hall–Kier alpha value is -0.0600. The van der Waals surface area contributed by atoms with E-state index in [1.807, 2.05) is 0 Å². The molecule has 0 bridgehead atoms. The maximum Gasteiger partial charge on any atom is 0.146 e. The summed E-state index contributed by atoms with van der Waals surface area (Å²) >= 11 is 5.78. The number of halogens is 4. The molecule has 0 radical (unpaired) electrons. The second-order valence-corrected chi connectivity index (χ2v) is 4.96. The van der Waals surface area contributed by atoms with Gasteiger partial charge in [-0.2, -0.15) is 0 Å². The van der Waals surface area contributed by atoms with Gasteiger partial charge in [0.1, 0.15) is 5.82 Å². The van der Waals surface area contributed by atoms with Crippen molar-refractivity contribution in [2.24, 2.45) is 5.73 Å². The lowest BCUT2D eigenvalue weighted by atomic mass is 9.91. The van der Waals surface area contributed by atoms with Crippen LogP contribution >= 0.6 is 36.4 Å². The average molecular weight is 330 g/mol. The number of nitrogens with zero attached hydrogens (tertiary/aromatic N) is 1. The molecule has 0 aromatic heterocycles. The van der Waals surface area contributed by atoms with E-state index in [4.69, 9.17) is 17.3 Å². The minimum absolute atomic E-state index is 0. The Bertz CT molecular complexity index is 386. The third-order valence-electron chi connectivity index (χ3n) is 3.41. The van der Waals surface area contributed by atoms with Crippen molar-refractivity contribution in [1.82, 2.24) is 4.90 Å². The molecule has 1 aliphatic carbocycles. The van der Waals surface area contributed by atoms with Gasteiger partial charge in [-0.15, -0.1) is 24.8 Å². The lowest BCUT2D eigenvalue weighted by Crippen LogP contribution is -2.42. The SMILES string of the molecule is Cl.Cl.NCCN(Cc1cccc(Cl)c1F)C1CCC1. The van der Waals surface area contributed by atoms with Crippen molar-refractivity contribution >= 4 is 36.4 Å². The fourth-order valence-electron chi connectivity index (χ4n) is 2.20. The zero-order valence-electron chi connectivity index (χ0n) is 10.6. The molecule has 0 aliphatic heterocycles. The van der Waals surface area contributed by atoms with Gasteiger partial charge >= 0.3 is 0 Å². The number of nitrogens with two attached hydrogens (primary N) is 1. The predicted octanol–water partition coefficient (Wildman–Crippen LogP) is 3.64. The molecule has 0 spiro atoms. The lowest BCUT2D eigenvalue weighted by Gasteiger charge is -2.37. The Morgan fingerprint density at radius 3 is 2.53 bits per heavy atom. The van der Waals surface area contributed by atoms with Crippen molar-refractivity contribution in [1.29, 1.82) is 0 Å². The largest absolute Gasteiger partial charge is 0.329 e. The van der Waals surface area contributed by atoms with Crippen molar-refractivity contribution in [3.05, 3.63) is 34.6 Å². The molecule has 1 saturated carbocycles. The van der Waals surface area contributed by atoms with Crippen molar-refractivity contribution in [2.75, 3.05) is 13.1 Å². The molecule has 0 saturated heterocycles. The van der Waals surface area contributed by atoms with Gasteiger partial charge in [0.15, 0.2) is 0 Å². The Morgan fingerprint density at radius 1 is 1.32 bits per heavy atom. The van der Waals surface area contributed by atoms with Crippen LogP contribution in [0.25, 0.3) is 0 Å². The van der Waals surface area contributed by atoms with E-state index in [0.717, 1.165) is 6.54 Å². The first-order valence-electron chi connectivity index (χ1n) is 6.09. The molecular formula is C13H20Cl3FN2. The van der Waals surface area contributed by atoms with E-state index in [0.29, 0.717) is 24.7 Å². The smallest absolute Gasteiger partial charge is 0.146 e. The third kappa shape index (κ3) is 4.76. The van der Waals surface area contributed by atoms with Crippen LogP contribution in [0.3, 0.4) is 0 Å². The summed E-state index contributed by atoms with van der Waals surface area (Å²) in [6, 6.07) is 5.74. The summed E-state index contributed by atoms with van der Waals surface area (Å²) in [5.41, 5.74) is 6.27. The van der Waals surface area contributed by atoms with E-state index in [1.165, 1.54) is 19.3 Å². The van der Waals surface area contributed by atoms with Gasteiger partial charge in [-0.25, -0.2) is 4.39 Å². The molecule has 1 fully saturated rings. The van der Waals surface area contributed by atoms with Crippen molar-refractivity contribution in [3.63, 3.8) is 0 Å².